The van der Waals surface area contributed by atoms with Gasteiger partial charge in [-0.2, -0.15) is 0 Å². The smallest absolute Gasteiger partial charge is 0.214 e. The number of rotatable bonds is 27. The lowest BCUT2D eigenvalue weighted by Crippen LogP contribution is -2.43. The van der Waals surface area contributed by atoms with Gasteiger partial charge in [0, 0.05) is 105 Å². The lowest BCUT2D eigenvalue weighted by Gasteiger charge is -2.39. The quantitative estimate of drug-likeness (QED) is 0.0468. The molecule has 0 radical (unpaired) electrons. The Balaban J connectivity index is 0.00000152. The molecule has 0 aliphatic rings. The number of thiazole rings is 3. The minimum Gasteiger partial charge on any atom is -0.466 e. The Morgan fingerprint density at radius 1 is 0.241 bits per heavy atom. The average molecular weight is 1970 g/mol. The zero-order valence-corrected chi connectivity index (χ0v) is 101. The minimum absolute atomic E-state index is 0. The van der Waals surface area contributed by atoms with Crippen molar-refractivity contribution in [3.63, 3.8) is 0 Å². The molecular formula is C111H205N17O6S3. The van der Waals surface area contributed by atoms with Crippen molar-refractivity contribution < 1.29 is 26.7 Å². The van der Waals surface area contributed by atoms with Crippen LogP contribution in [-0.2, 0) is 49.9 Å². The highest BCUT2D eigenvalue weighted by Gasteiger charge is 2.41. The van der Waals surface area contributed by atoms with Crippen LogP contribution >= 0.6 is 34.0 Å². The lowest BCUT2D eigenvalue weighted by atomic mass is 9.88. The number of furan rings is 1. The third kappa shape index (κ3) is 33.5. The normalized spacial score (nSPS) is 12.8. The lowest BCUT2D eigenvalue weighted by molar-refractivity contribution is 0.0877. The summed E-state index contributed by atoms with van der Waals surface area (Å²) in [6.07, 6.45) is 0. The van der Waals surface area contributed by atoms with Gasteiger partial charge in [-0.3, -0.25) is 44.1 Å². The molecule has 0 aliphatic heterocycles. The van der Waals surface area contributed by atoms with E-state index in [0.29, 0.717) is 54.4 Å². The standard InChI is InChI=1S/C14H25NO.5C12H22N2O.3C12H22N2S.CH4/c1-9(2)15(8)14(6,7)13-10(3)11(4)16-12(13)5;1-8(2)14(7)12(5,6)11-9(3)15-10(4)13-11;1-8(2)14(7)12(5,6)11-9(3)13-10(4)15-11;1-8(2)14(7)12(5,6)11-13-9(3)10(4)15-11;1-8(2)14(7)12(5,6)11-9(3)10(4)15-13-11;1-8(2)14(7)12(5,6)11-9(3)10(4)13-15-11;1-8(2)14(7)12(5,6)11-9(3)15-10(4)13-11;1-8(2)14(7)12(5,6)11-9(3)13-10(4)15-11;1-8(2)14(7)12(5,6)11-13-9(3)10(4)15-11;/h9H,1-8H3;8*8H,1-7H3;1H4. The zero-order chi connectivity index (χ0) is 107. The van der Waals surface area contributed by atoms with Gasteiger partial charge < -0.3 is 26.7 Å². The summed E-state index contributed by atoms with van der Waals surface area (Å²) in [5.41, 5.74) is 13.1. The number of hydrogen-bond donors (Lipinski definition) is 0. The Bertz CT molecular complexity index is 4550. The molecule has 0 aromatic carbocycles. The number of hydrogen-bond acceptors (Lipinski definition) is 26. The van der Waals surface area contributed by atoms with E-state index in [1.807, 2.05) is 85.0 Å². The number of nitrogens with zero attached hydrogens (tertiary/aromatic N) is 17. The molecular weight excluding hydrogens is 1760 g/mol. The topological polar surface area (TPSA) is 211 Å². The van der Waals surface area contributed by atoms with Gasteiger partial charge in [-0.25, -0.2) is 29.9 Å². The van der Waals surface area contributed by atoms with Crippen molar-refractivity contribution in [1.29, 1.82) is 0 Å². The Hall–Kier alpha value is -6.14. The first-order valence-electron chi connectivity index (χ1n) is 49.5. The van der Waals surface area contributed by atoms with Crippen LogP contribution in [0.15, 0.2) is 26.7 Å². The average Bonchev–Trinajstić information content (AvgIpc) is 1.63. The summed E-state index contributed by atoms with van der Waals surface area (Å²) in [5, 5.41) is 11.7. The van der Waals surface area contributed by atoms with Crippen LogP contribution in [0.4, 0.5) is 0 Å². The Kier molecular flexibility index (Phi) is 50.1. The molecule has 0 fully saturated rings. The van der Waals surface area contributed by atoms with Crippen molar-refractivity contribution >= 4 is 34.0 Å². The second kappa shape index (κ2) is 52.4. The highest BCUT2D eigenvalue weighted by Crippen LogP contribution is 2.42. The fourth-order valence-electron chi connectivity index (χ4n) is 16.8. The number of aromatic nitrogens is 8. The zero-order valence-electron chi connectivity index (χ0n) is 99.0. The van der Waals surface area contributed by atoms with Crippen LogP contribution in [0.1, 0.15) is 412 Å². The highest BCUT2D eigenvalue weighted by molar-refractivity contribution is 7.12. The summed E-state index contributed by atoms with van der Waals surface area (Å²) in [6, 6.07) is 4.51. The van der Waals surface area contributed by atoms with Gasteiger partial charge in [0.05, 0.1) is 88.5 Å². The predicted octanol–water partition coefficient (Wildman–Crippen LogP) is 28.8. The third-order valence-electron chi connectivity index (χ3n) is 29.5. The molecule has 137 heavy (non-hydrogen) atoms. The van der Waals surface area contributed by atoms with Crippen LogP contribution in [0.2, 0.25) is 0 Å². The van der Waals surface area contributed by atoms with Crippen LogP contribution in [0.25, 0.3) is 0 Å². The Labute approximate surface area is 850 Å². The molecule has 9 aromatic rings. The van der Waals surface area contributed by atoms with Crippen LogP contribution < -0.4 is 0 Å². The first-order chi connectivity index (χ1) is 61.3. The maximum absolute atomic E-state index is 5.73. The van der Waals surface area contributed by atoms with E-state index in [1.165, 1.54) is 47.8 Å². The van der Waals surface area contributed by atoms with Crippen molar-refractivity contribution in [1.82, 2.24) is 84.3 Å². The van der Waals surface area contributed by atoms with Crippen molar-refractivity contribution in [2.24, 2.45) is 0 Å². The molecule has 23 nitrogen and oxygen atoms in total. The molecule has 0 atom stereocenters. The summed E-state index contributed by atoms with van der Waals surface area (Å²) in [6.45, 7) is 118. The van der Waals surface area contributed by atoms with E-state index >= 15 is 0 Å². The van der Waals surface area contributed by atoms with Crippen LogP contribution in [0.5, 0.6) is 0 Å². The summed E-state index contributed by atoms with van der Waals surface area (Å²) in [7, 11) is 19.2. The first kappa shape index (κ1) is 131. The van der Waals surface area contributed by atoms with Gasteiger partial charge in [-0.05, 0) is 436 Å². The first-order valence-corrected chi connectivity index (χ1v) is 52.0. The second-order valence-electron chi connectivity index (χ2n) is 44.9. The molecule has 0 amide bonds. The Morgan fingerprint density at radius 3 is 0.920 bits per heavy atom. The van der Waals surface area contributed by atoms with E-state index in [-0.39, 0.29) is 57.3 Å². The van der Waals surface area contributed by atoms with Gasteiger partial charge in [-0.1, -0.05) is 17.7 Å². The molecule has 0 bridgehead atoms. The SMILES string of the molecule is C.Cc1nc(C(C)(C)N(C)C(C)C)c(C)o1.Cc1nc(C(C)(C)N(C)C(C)C)c(C)s1.Cc1nc(C(C)(C)N(C)C(C)C)oc1C.Cc1nc(C(C)(C)N(C)C(C)C)sc1C.Cc1nc(C)c(C(C)(C)N(C)C(C)C)o1.Cc1nc(C)c(C(C)(C)N(C)C(C)C)s1.Cc1noc(C(C)(C)N(C)C(C)C)c1C.Cc1oc(C)c(C(C)(C)N(C)C(C)C)c1C.Cc1onc(C(C)(C)N(C)C(C)C)c1C. The molecule has 788 valence electrons. The van der Waals surface area contributed by atoms with Crippen molar-refractivity contribution in [3.05, 3.63) is 155 Å². The van der Waals surface area contributed by atoms with E-state index < -0.39 is 0 Å². The molecule has 9 aromatic heterocycles. The van der Waals surface area contributed by atoms with E-state index in [0.717, 1.165) is 108 Å². The van der Waals surface area contributed by atoms with E-state index in [9.17, 15) is 0 Å². The molecule has 9 heterocycles. The van der Waals surface area contributed by atoms with Gasteiger partial charge in [0.15, 0.2) is 17.5 Å². The summed E-state index contributed by atoms with van der Waals surface area (Å²) >= 11 is 5.42. The van der Waals surface area contributed by atoms with Gasteiger partial charge >= 0.3 is 0 Å². The van der Waals surface area contributed by atoms with Gasteiger partial charge in [0.25, 0.3) is 0 Å². The molecule has 0 saturated heterocycles. The molecule has 0 N–H and O–H groups in total. The molecule has 0 spiro atoms. The van der Waals surface area contributed by atoms with E-state index in [1.54, 1.807) is 11.3 Å². The monoisotopic (exact) mass is 1970 g/mol. The minimum atomic E-state index is -0.160. The fourth-order valence-corrected chi connectivity index (χ4v) is 19.9. The number of oxazole rings is 3. The molecule has 9 rings (SSSR count). The molecule has 0 saturated carbocycles. The van der Waals surface area contributed by atoms with Gasteiger partial charge in [0.1, 0.15) is 51.0 Å². The summed E-state index contributed by atoms with van der Waals surface area (Å²) < 4.78 is 33.3. The maximum Gasteiger partial charge on any atom is 0.214 e. The number of aryl methyl sites for hydroxylation is 16. The van der Waals surface area contributed by atoms with Gasteiger partial charge in [0.2, 0.25) is 5.89 Å². The fraction of sp³-hybridized carbons (Fsp3) is 0.748. The van der Waals surface area contributed by atoms with Crippen molar-refractivity contribution in [2.45, 2.75) is 492 Å². The van der Waals surface area contributed by atoms with Crippen LogP contribution in [0.3, 0.4) is 0 Å². The second-order valence-corrected chi connectivity index (χ2v) is 48.7. The van der Waals surface area contributed by atoms with E-state index in [4.69, 9.17) is 26.7 Å². The molecule has 0 unspecified atom stereocenters. The summed E-state index contributed by atoms with van der Waals surface area (Å²) in [5.74, 6) is 9.06. The maximum atomic E-state index is 5.73. The van der Waals surface area contributed by atoms with Crippen LogP contribution in [0, 0.1) is 132 Å². The largest absolute Gasteiger partial charge is 0.466 e. The Morgan fingerprint density at radius 2 is 0.613 bits per heavy atom. The molecule has 0 aliphatic carbocycles. The summed E-state index contributed by atoms with van der Waals surface area (Å²) in [4.78, 5) is 52.1. The third-order valence-corrected chi connectivity index (χ3v) is 33.2. The van der Waals surface area contributed by atoms with Crippen LogP contribution in [-0.4, -0.2) is 202 Å². The van der Waals surface area contributed by atoms with E-state index in [2.05, 4.69) is 466 Å². The van der Waals surface area contributed by atoms with Crippen molar-refractivity contribution in [2.75, 3.05) is 63.4 Å². The predicted molar refractivity (Wildman–Crippen MR) is 588 cm³/mol. The van der Waals surface area contributed by atoms with Gasteiger partial charge in [-0.15, -0.1) is 34.0 Å². The highest BCUT2D eigenvalue weighted by atomic mass is 32.1. The van der Waals surface area contributed by atoms with Crippen molar-refractivity contribution in [3.8, 4) is 0 Å². The molecule has 26 heteroatoms.